The standard InChI is InChI=1S/C17H20ClN3O3/c1-12(22)19-5-7-20(8-6-19)17(24)13-9-16(23)21(11-13)15-4-2-3-14(18)10-15/h2-4,10,13H,5-9,11H2,1H3/t13-/m1/s1. The van der Waals surface area contributed by atoms with Gasteiger partial charge in [0.05, 0.1) is 5.92 Å². The molecule has 0 aliphatic carbocycles. The van der Waals surface area contributed by atoms with E-state index in [1.807, 2.05) is 6.07 Å². The third kappa shape index (κ3) is 3.38. The van der Waals surface area contributed by atoms with Gasteiger partial charge in [-0.3, -0.25) is 14.4 Å². The predicted molar refractivity (Wildman–Crippen MR) is 90.7 cm³/mol. The van der Waals surface area contributed by atoms with Crippen molar-refractivity contribution in [1.82, 2.24) is 9.80 Å². The fraction of sp³-hybridized carbons (Fsp3) is 0.471. The Balaban J connectivity index is 1.63. The molecular weight excluding hydrogens is 330 g/mol. The molecule has 7 heteroatoms. The van der Waals surface area contributed by atoms with Gasteiger partial charge in [-0.2, -0.15) is 0 Å². The predicted octanol–water partition coefficient (Wildman–Crippen LogP) is 1.38. The van der Waals surface area contributed by atoms with Gasteiger partial charge >= 0.3 is 0 Å². The van der Waals surface area contributed by atoms with Crippen LogP contribution in [-0.2, 0) is 14.4 Å². The van der Waals surface area contributed by atoms with Crippen molar-refractivity contribution < 1.29 is 14.4 Å². The molecule has 0 aromatic heterocycles. The first-order valence-electron chi connectivity index (χ1n) is 8.06. The molecule has 0 unspecified atom stereocenters. The van der Waals surface area contributed by atoms with Crippen LogP contribution in [0.15, 0.2) is 24.3 Å². The van der Waals surface area contributed by atoms with Crippen molar-refractivity contribution in [3.63, 3.8) is 0 Å². The average Bonchev–Trinajstić information content (AvgIpc) is 2.96. The van der Waals surface area contributed by atoms with Crippen LogP contribution in [0.25, 0.3) is 0 Å². The van der Waals surface area contributed by atoms with Crippen LogP contribution in [0.3, 0.4) is 0 Å². The van der Waals surface area contributed by atoms with Crippen LogP contribution in [0.1, 0.15) is 13.3 Å². The lowest BCUT2D eigenvalue weighted by molar-refractivity contribution is -0.141. The maximum absolute atomic E-state index is 12.7. The minimum atomic E-state index is -0.333. The molecule has 3 amide bonds. The number of hydrogen-bond acceptors (Lipinski definition) is 3. The molecule has 0 spiro atoms. The summed E-state index contributed by atoms with van der Waals surface area (Å²) in [4.78, 5) is 41.5. The maximum Gasteiger partial charge on any atom is 0.228 e. The molecule has 1 aromatic rings. The molecule has 2 aliphatic rings. The molecule has 2 heterocycles. The monoisotopic (exact) mass is 349 g/mol. The second kappa shape index (κ2) is 6.81. The number of anilines is 1. The average molecular weight is 350 g/mol. The second-order valence-electron chi connectivity index (χ2n) is 6.22. The van der Waals surface area contributed by atoms with E-state index in [0.29, 0.717) is 37.7 Å². The molecule has 24 heavy (non-hydrogen) atoms. The number of carbonyl (C=O) groups is 3. The fourth-order valence-corrected chi connectivity index (χ4v) is 3.45. The van der Waals surface area contributed by atoms with Gasteiger partial charge in [-0.25, -0.2) is 0 Å². The van der Waals surface area contributed by atoms with Gasteiger partial charge in [-0.05, 0) is 18.2 Å². The van der Waals surface area contributed by atoms with Crippen molar-refractivity contribution in [2.45, 2.75) is 13.3 Å². The number of halogens is 1. The van der Waals surface area contributed by atoms with Crippen LogP contribution in [0.5, 0.6) is 0 Å². The lowest BCUT2D eigenvalue weighted by Gasteiger charge is -2.35. The van der Waals surface area contributed by atoms with Gasteiger partial charge in [0.15, 0.2) is 0 Å². The number of carbonyl (C=O) groups excluding carboxylic acids is 3. The second-order valence-corrected chi connectivity index (χ2v) is 6.65. The highest BCUT2D eigenvalue weighted by molar-refractivity contribution is 6.31. The molecule has 1 aromatic carbocycles. The summed E-state index contributed by atoms with van der Waals surface area (Å²) in [5, 5.41) is 0.565. The summed E-state index contributed by atoms with van der Waals surface area (Å²) in [5.41, 5.74) is 0.726. The lowest BCUT2D eigenvalue weighted by Crippen LogP contribution is -2.51. The van der Waals surface area contributed by atoms with Gasteiger partial charge in [0.2, 0.25) is 17.7 Å². The zero-order valence-corrected chi connectivity index (χ0v) is 14.3. The Morgan fingerprint density at radius 1 is 1.12 bits per heavy atom. The minimum Gasteiger partial charge on any atom is -0.339 e. The Morgan fingerprint density at radius 2 is 1.79 bits per heavy atom. The molecule has 6 nitrogen and oxygen atoms in total. The van der Waals surface area contributed by atoms with Gasteiger partial charge in [0, 0.05) is 56.8 Å². The third-order valence-corrected chi connectivity index (χ3v) is 4.87. The third-order valence-electron chi connectivity index (χ3n) is 4.63. The zero-order chi connectivity index (χ0) is 17.3. The summed E-state index contributed by atoms with van der Waals surface area (Å²) in [6.45, 7) is 4.08. The quantitative estimate of drug-likeness (QED) is 0.810. The molecule has 2 fully saturated rings. The van der Waals surface area contributed by atoms with Gasteiger partial charge < -0.3 is 14.7 Å². The van der Waals surface area contributed by atoms with Crippen molar-refractivity contribution >= 4 is 35.0 Å². The smallest absolute Gasteiger partial charge is 0.228 e. The Kier molecular flexibility index (Phi) is 4.76. The van der Waals surface area contributed by atoms with Crippen molar-refractivity contribution in [2.75, 3.05) is 37.6 Å². The van der Waals surface area contributed by atoms with Crippen LogP contribution in [0.4, 0.5) is 5.69 Å². The van der Waals surface area contributed by atoms with E-state index in [4.69, 9.17) is 11.6 Å². The first-order chi connectivity index (χ1) is 11.5. The fourth-order valence-electron chi connectivity index (χ4n) is 3.27. The minimum absolute atomic E-state index is 0.00363. The highest BCUT2D eigenvalue weighted by atomic mass is 35.5. The van der Waals surface area contributed by atoms with Crippen LogP contribution in [0.2, 0.25) is 5.02 Å². The van der Waals surface area contributed by atoms with E-state index >= 15 is 0 Å². The van der Waals surface area contributed by atoms with E-state index in [1.165, 1.54) is 6.92 Å². The van der Waals surface area contributed by atoms with Gasteiger partial charge in [-0.1, -0.05) is 17.7 Å². The molecule has 3 rings (SSSR count). The van der Waals surface area contributed by atoms with E-state index < -0.39 is 0 Å². The molecule has 0 N–H and O–H groups in total. The molecule has 0 bridgehead atoms. The van der Waals surface area contributed by atoms with Crippen LogP contribution >= 0.6 is 11.6 Å². The van der Waals surface area contributed by atoms with E-state index in [9.17, 15) is 14.4 Å². The lowest BCUT2D eigenvalue weighted by atomic mass is 10.1. The van der Waals surface area contributed by atoms with E-state index in [-0.39, 0.29) is 30.1 Å². The maximum atomic E-state index is 12.7. The molecule has 2 saturated heterocycles. The highest BCUT2D eigenvalue weighted by Crippen LogP contribution is 2.28. The summed E-state index contributed by atoms with van der Waals surface area (Å²) >= 11 is 5.99. The van der Waals surface area contributed by atoms with Gasteiger partial charge in [0.25, 0.3) is 0 Å². The molecular formula is C17H20ClN3O3. The van der Waals surface area contributed by atoms with Crippen molar-refractivity contribution in [2.24, 2.45) is 5.92 Å². The van der Waals surface area contributed by atoms with Gasteiger partial charge in [0.1, 0.15) is 0 Å². The molecule has 2 aliphatic heterocycles. The first kappa shape index (κ1) is 16.8. The molecule has 0 saturated carbocycles. The Hall–Kier alpha value is -2.08. The number of nitrogens with zero attached hydrogens (tertiary/aromatic N) is 3. The number of benzene rings is 1. The highest BCUT2D eigenvalue weighted by Gasteiger charge is 2.38. The number of amides is 3. The Labute approximate surface area is 146 Å². The molecule has 1 atom stereocenters. The summed E-state index contributed by atoms with van der Waals surface area (Å²) < 4.78 is 0. The van der Waals surface area contributed by atoms with Crippen LogP contribution in [0, 0.1) is 5.92 Å². The summed E-state index contributed by atoms with van der Waals surface area (Å²) in [7, 11) is 0. The summed E-state index contributed by atoms with van der Waals surface area (Å²) in [6.07, 6.45) is 0.221. The van der Waals surface area contributed by atoms with E-state index in [0.717, 1.165) is 5.69 Å². The van der Waals surface area contributed by atoms with Crippen molar-refractivity contribution in [3.8, 4) is 0 Å². The van der Waals surface area contributed by atoms with Crippen LogP contribution in [-0.4, -0.2) is 60.2 Å². The summed E-state index contributed by atoms with van der Waals surface area (Å²) in [6, 6.07) is 7.10. The largest absolute Gasteiger partial charge is 0.339 e. The number of rotatable bonds is 2. The normalized spacial score (nSPS) is 21.3. The van der Waals surface area contributed by atoms with Gasteiger partial charge in [-0.15, -0.1) is 0 Å². The zero-order valence-electron chi connectivity index (χ0n) is 13.6. The summed E-state index contributed by atoms with van der Waals surface area (Å²) in [5.74, 6) is -0.361. The Morgan fingerprint density at radius 3 is 2.42 bits per heavy atom. The Bertz CT molecular complexity index is 671. The van der Waals surface area contributed by atoms with Crippen LogP contribution < -0.4 is 4.90 Å². The van der Waals surface area contributed by atoms with Crippen molar-refractivity contribution in [1.29, 1.82) is 0 Å². The molecule has 0 radical (unpaired) electrons. The first-order valence-corrected chi connectivity index (χ1v) is 8.43. The SMILES string of the molecule is CC(=O)N1CCN(C(=O)[C@@H]2CC(=O)N(c3cccc(Cl)c3)C2)CC1. The van der Waals surface area contributed by atoms with E-state index in [2.05, 4.69) is 0 Å². The number of hydrogen-bond donors (Lipinski definition) is 0. The van der Waals surface area contributed by atoms with E-state index in [1.54, 1.807) is 32.9 Å². The topological polar surface area (TPSA) is 60.9 Å². The molecule has 128 valence electrons. The number of piperazine rings is 1. The van der Waals surface area contributed by atoms with Crippen molar-refractivity contribution in [3.05, 3.63) is 29.3 Å².